The number of benzene rings is 2. The number of hydrogen-bond acceptors (Lipinski definition) is 4. The van der Waals surface area contributed by atoms with Gasteiger partial charge in [0, 0.05) is 19.6 Å². The van der Waals surface area contributed by atoms with Crippen LogP contribution in [0.25, 0.3) is 0 Å². The summed E-state index contributed by atoms with van der Waals surface area (Å²) in [5, 5.41) is 6.88. The molecule has 0 aliphatic heterocycles. The largest absolute Gasteiger partial charge is 0.491 e. The quantitative estimate of drug-likeness (QED) is 0.626. The van der Waals surface area contributed by atoms with Crippen molar-refractivity contribution in [3.05, 3.63) is 54.1 Å². The van der Waals surface area contributed by atoms with Crippen LogP contribution in [0, 0.1) is 0 Å². The first-order valence-corrected chi connectivity index (χ1v) is 9.00. The minimum absolute atomic E-state index is 0.170. The van der Waals surface area contributed by atoms with Gasteiger partial charge in [0.25, 0.3) is 0 Å². The molecule has 2 rings (SSSR count). The second-order valence-electron chi connectivity index (χ2n) is 6.58. The Bertz CT molecular complexity index is 624. The predicted octanol–water partition coefficient (Wildman–Crippen LogP) is 4.46. The fourth-order valence-electron chi connectivity index (χ4n) is 2.45. The molecular weight excluding hydrogens is 312 g/mol. The Morgan fingerprint density at radius 3 is 2.16 bits per heavy atom. The highest BCUT2D eigenvalue weighted by atomic mass is 16.5. The summed E-state index contributed by atoms with van der Waals surface area (Å²) in [6, 6.07) is 16.3. The minimum Gasteiger partial charge on any atom is -0.491 e. The molecule has 136 valence electrons. The number of hydrogen-bond donors (Lipinski definition) is 2. The lowest BCUT2D eigenvalue weighted by Gasteiger charge is -2.15. The fourth-order valence-corrected chi connectivity index (χ4v) is 2.45. The van der Waals surface area contributed by atoms with E-state index in [0.29, 0.717) is 0 Å². The summed E-state index contributed by atoms with van der Waals surface area (Å²) in [7, 11) is 0. The molecule has 0 unspecified atom stereocenters. The Balaban J connectivity index is 1.71. The van der Waals surface area contributed by atoms with Crippen LogP contribution in [0.15, 0.2) is 48.5 Å². The molecule has 4 nitrogen and oxygen atoms in total. The third-order valence-corrected chi connectivity index (χ3v) is 3.49. The Hall–Kier alpha value is -2.20. The summed E-state index contributed by atoms with van der Waals surface area (Å²) < 4.78 is 11.5. The van der Waals surface area contributed by atoms with Gasteiger partial charge in [0.2, 0.25) is 0 Å². The van der Waals surface area contributed by atoms with Gasteiger partial charge in [-0.3, -0.25) is 0 Å². The van der Waals surface area contributed by atoms with Crippen molar-refractivity contribution in [2.75, 3.05) is 18.4 Å². The van der Waals surface area contributed by atoms with E-state index in [2.05, 4.69) is 22.8 Å². The first-order valence-electron chi connectivity index (χ1n) is 9.00. The van der Waals surface area contributed by atoms with Gasteiger partial charge in [-0.2, -0.15) is 0 Å². The average Bonchev–Trinajstić information content (AvgIpc) is 2.56. The number of ether oxygens (including phenoxy) is 2. The van der Waals surface area contributed by atoms with Gasteiger partial charge in [0.1, 0.15) is 11.5 Å². The molecule has 0 spiro atoms. The molecule has 0 aromatic heterocycles. The van der Waals surface area contributed by atoms with E-state index in [1.165, 1.54) is 5.56 Å². The summed E-state index contributed by atoms with van der Waals surface area (Å²) in [5.74, 6) is 1.82. The second kappa shape index (κ2) is 9.94. The number of anilines is 1. The van der Waals surface area contributed by atoms with Crippen molar-refractivity contribution in [1.82, 2.24) is 5.32 Å². The van der Waals surface area contributed by atoms with Gasteiger partial charge >= 0.3 is 0 Å². The van der Waals surface area contributed by atoms with Gasteiger partial charge in [-0.1, -0.05) is 24.3 Å². The van der Waals surface area contributed by atoms with Crippen LogP contribution in [0.3, 0.4) is 0 Å². The molecule has 2 aromatic rings. The molecule has 0 aliphatic rings. The minimum atomic E-state index is 0.170. The van der Waals surface area contributed by atoms with E-state index in [9.17, 15) is 0 Å². The monoisotopic (exact) mass is 342 g/mol. The van der Waals surface area contributed by atoms with Gasteiger partial charge < -0.3 is 20.1 Å². The van der Waals surface area contributed by atoms with E-state index < -0.39 is 0 Å². The normalized spacial score (nSPS) is 11.0. The van der Waals surface area contributed by atoms with E-state index in [1.807, 2.05) is 64.1 Å². The smallest absolute Gasteiger partial charge is 0.142 e. The van der Waals surface area contributed by atoms with Crippen LogP contribution in [-0.2, 0) is 6.54 Å². The van der Waals surface area contributed by atoms with E-state index in [-0.39, 0.29) is 12.2 Å². The maximum absolute atomic E-state index is 5.82. The van der Waals surface area contributed by atoms with Crippen molar-refractivity contribution < 1.29 is 9.47 Å². The Morgan fingerprint density at radius 1 is 0.800 bits per heavy atom. The van der Waals surface area contributed by atoms with Crippen LogP contribution in [0.2, 0.25) is 0 Å². The standard InChI is InChI=1S/C21H30N2O2/c1-16(2)24-19-11-9-18(10-12-19)15-22-13-14-23-20-7-5-6-8-21(20)25-17(3)4/h5-12,16-17,22-23H,13-15H2,1-4H3. The van der Waals surface area contributed by atoms with Crippen molar-refractivity contribution in [3.63, 3.8) is 0 Å². The lowest BCUT2D eigenvalue weighted by molar-refractivity contribution is 0.242. The highest BCUT2D eigenvalue weighted by Gasteiger charge is 2.04. The third-order valence-electron chi connectivity index (χ3n) is 3.49. The average molecular weight is 342 g/mol. The summed E-state index contributed by atoms with van der Waals surface area (Å²) in [4.78, 5) is 0. The fraction of sp³-hybridized carbons (Fsp3) is 0.429. The van der Waals surface area contributed by atoms with E-state index in [0.717, 1.165) is 36.8 Å². The third kappa shape index (κ3) is 7.06. The molecule has 0 aliphatic carbocycles. The first kappa shape index (κ1) is 19.1. The van der Waals surface area contributed by atoms with Crippen molar-refractivity contribution in [2.45, 2.75) is 46.4 Å². The molecular formula is C21H30N2O2. The number of para-hydroxylation sites is 2. The van der Waals surface area contributed by atoms with Crippen LogP contribution in [0.5, 0.6) is 11.5 Å². The Morgan fingerprint density at radius 2 is 1.48 bits per heavy atom. The zero-order valence-corrected chi connectivity index (χ0v) is 15.7. The molecule has 4 heteroatoms. The summed E-state index contributed by atoms with van der Waals surface area (Å²) in [5.41, 5.74) is 2.29. The first-order chi connectivity index (χ1) is 12.0. The van der Waals surface area contributed by atoms with Crippen LogP contribution in [-0.4, -0.2) is 25.3 Å². The Labute approximate surface area is 151 Å². The molecule has 0 bridgehead atoms. The molecule has 2 N–H and O–H groups in total. The predicted molar refractivity (Wildman–Crippen MR) is 105 cm³/mol. The maximum Gasteiger partial charge on any atom is 0.142 e. The van der Waals surface area contributed by atoms with Crippen molar-refractivity contribution >= 4 is 5.69 Å². The number of nitrogens with one attached hydrogen (secondary N) is 2. The molecule has 25 heavy (non-hydrogen) atoms. The van der Waals surface area contributed by atoms with Crippen molar-refractivity contribution in [2.24, 2.45) is 0 Å². The van der Waals surface area contributed by atoms with E-state index >= 15 is 0 Å². The highest BCUT2D eigenvalue weighted by Crippen LogP contribution is 2.24. The Kier molecular flexibility index (Phi) is 7.61. The van der Waals surface area contributed by atoms with Gasteiger partial charge in [-0.05, 0) is 57.5 Å². The SMILES string of the molecule is CC(C)Oc1ccc(CNCCNc2ccccc2OC(C)C)cc1. The van der Waals surface area contributed by atoms with Gasteiger partial charge in [-0.15, -0.1) is 0 Å². The second-order valence-corrected chi connectivity index (χ2v) is 6.58. The topological polar surface area (TPSA) is 42.5 Å². The molecule has 0 heterocycles. The van der Waals surface area contributed by atoms with Crippen molar-refractivity contribution in [3.8, 4) is 11.5 Å². The van der Waals surface area contributed by atoms with Crippen LogP contribution < -0.4 is 20.1 Å². The van der Waals surface area contributed by atoms with Crippen LogP contribution in [0.1, 0.15) is 33.3 Å². The number of rotatable bonds is 10. The zero-order chi connectivity index (χ0) is 18.1. The van der Waals surface area contributed by atoms with Gasteiger partial charge in [-0.25, -0.2) is 0 Å². The van der Waals surface area contributed by atoms with Gasteiger partial charge in [0.05, 0.1) is 17.9 Å². The maximum atomic E-state index is 5.82. The molecule has 0 amide bonds. The molecule has 0 radical (unpaired) electrons. The lowest BCUT2D eigenvalue weighted by atomic mass is 10.2. The lowest BCUT2D eigenvalue weighted by Crippen LogP contribution is -2.22. The molecule has 0 saturated heterocycles. The van der Waals surface area contributed by atoms with Crippen molar-refractivity contribution in [1.29, 1.82) is 0 Å². The summed E-state index contributed by atoms with van der Waals surface area (Å²) in [6.07, 6.45) is 0.376. The molecule has 0 fully saturated rings. The van der Waals surface area contributed by atoms with Crippen LogP contribution in [0.4, 0.5) is 5.69 Å². The van der Waals surface area contributed by atoms with E-state index in [4.69, 9.17) is 9.47 Å². The van der Waals surface area contributed by atoms with Crippen LogP contribution >= 0.6 is 0 Å². The molecule has 2 aromatic carbocycles. The highest BCUT2D eigenvalue weighted by molar-refractivity contribution is 5.56. The van der Waals surface area contributed by atoms with Gasteiger partial charge in [0.15, 0.2) is 0 Å². The summed E-state index contributed by atoms with van der Waals surface area (Å²) >= 11 is 0. The molecule has 0 saturated carbocycles. The zero-order valence-electron chi connectivity index (χ0n) is 15.7. The van der Waals surface area contributed by atoms with E-state index in [1.54, 1.807) is 0 Å². The summed E-state index contributed by atoms with van der Waals surface area (Å²) in [6.45, 7) is 10.7. The molecule has 0 atom stereocenters.